The van der Waals surface area contributed by atoms with Crippen LogP contribution in [0.2, 0.25) is 0 Å². The summed E-state index contributed by atoms with van der Waals surface area (Å²) in [7, 11) is 0. The molecule has 0 spiro atoms. The van der Waals surface area contributed by atoms with Crippen molar-refractivity contribution < 1.29 is 23.6 Å². The molecule has 0 fully saturated rings. The van der Waals surface area contributed by atoms with Crippen LogP contribution in [0.3, 0.4) is 0 Å². The van der Waals surface area contributed by atoms with E-state index in [0.29, 0.717) is 29.2 Å². The summed E-state index contributed by atoms with van der Waals surface area (Å²) in [6.45, 7) is 3.68. The van der Waals surface area contributed by atoms with E-state index in [-0.39, 0.29) is 12.4 Å². The molecule has 0 bridgehead atoms. The van der Waals surface area contributed by atoms with E-state index in [4.69, 9.17) is 14.0 Å². The molecular formula is C23H20N2O5. The number of H-pyrrole nitrogens is 1. The van der Waals surface area contributed by atoms with Crippen molar-refractivity contribution >= 4 is 22.7 Å². The van der Waals surface area contributed by atoms with Gasteiger partial charge in [0.15, 0.2) is 6.61 Å². The van der Waals surface area contributed by atoms with Crippen LogP contribution in [0, 0.1) is 13.8 Å². The average Bonchev–Trinajstić information content (AvgIpc) is 3.34. The van der Waals surface area contributed by atoms with E-state index in [2.05, 4.69) is 10.1 Å². The van der Waals surface area contributed by atoms with Gasteiger partial charge in [0.05, 0.1) is 16.8 Å². The molecule has 0 aliphatic heterocycles. The number of carbonyl (C=O) groups is 2. The maximum atomic E-state index is 12.4. The molecule has 2 heterocycles. The van der Waals surface area contributed by atoms with Crippen molar-refractivity contribution in [2.24, 2.45) is 0 Å². The highest BCUT2D eigenvalue weighted by Crippen LogP contribution is 2.20. The van der Waals surface area contributed by atoms with Gasteiger partial charge < -0.3 is 19.0 Å². The number of aromatic nitrogens is 2. The Morgan fingerprint density at radius 3 is 2.57 bits per heavy atom. The quantitative estimate of drug-likeness (QED) is 0.363. The minimum Gasteiger partial charge on any atom is -0.489 e. The van der Waals surface area contributed by atoms with Gasteiger partial charge in [0.25, 0.3) is 0 Å². The molecular weight excluding hydrogens is 384 g/mol. The zero-order valence-electron chi connectivity index (χ0n) is 16.6. The Morgan fingerprint density at radius 2 is 1.83 bits per heavy atom. The third kappa shape index (κ3) is 3.96. The van der Waals surface area contributed by atoms with Crippen LogP contribution in [0.25, 0.3) is 10.9 Å². The molecule has 0 aliphatic carbocycles. The van der Waals surface area contributed by atoms with Gasteiger partial charge in [-0.25, -0.2) is 4.79 Å². The third-order valence-electron chi connectivity index (χ3n) is 4.88. The lowest BCUT2D eigenvalue weighted by Crippen LogP contribution is -2.14. The fourth-order valence-corrected chi connectivity index (χ4v) is 3.15. The summed E-state index contributed by atoms with van der Waals surface area (Å²) in [5.74, 6) is 0.481. The Morgan fingerprint density at radius 1 is 1.07 bits per heavy atom. The summed E-state index contributed by atoms with van der Waals surface area (Å²) in [5, 5.41) is 4.69. The van der Waals surface area contributed by atoms with Gasteiger partial charge in [-0.3, -0.25) is 4.79 Å². The molecule has 4 rings (SSSR count). The van der Waals surface area contributed by atoms with E-state index in [0.717, 1.165) is 22.2 Å². The number of esters is 1. The fraction of sp³-hybridized carbons (Fsp3) is 0.174. The molecule has 0 unspecified atom stereocenters. The van der Waals surface area contributed by atoms with E-state index >= 15 is 0 Å². The van der Waals surface area contributed by atoms with Crippen LogP contribution >= 0.6 is 0 Å². The van der Waals surface area contributed by atoms with Crippen molar-refractivity contribution in [3.05, 3.63) is 82.9 Å². The first kappa shape index (κ1) is 19.4. The molecule has 7 heteroatoms. The molecule has 0 radical (unpaired) electrons. The number of hydrogen-bond donors (Lipinski definition) is 1. The largest absolute Gasteiger partial charge is 0.489 e. The second-order valence-corrected chi connectivity index (χ2v) is 6.86. The summed E-state index contributed by atoms with van der Waals surface area (Å²) in [4.78, 5) is 27.8. The van der Waals surface area contributed by atoms with Gasteiger partial charge in [-0.15, -0.1) is 0 Å². The van der Waals surface area contributed by atoms with Gasteiger partial charge in [-0.1, -0.05) is 23.4 Å². The lowest BCUT2D eigenvalue weighted by molar-refractivity contribution is 0.0475. The van der Waals surface area contributed by atoms with Gasteiger partial charge in [0.2, 0.25) is 5.78 Å². The number of rotatable bonds is 7. The molecule has 2 aromatic carbocycles. The Balaban J connectivity index is 1.34. The molecule has 0 saturated heterocycles. The normalized spacial score (nSPS) is 10.9. The predicted molar refractivity (Wildman–Crippen MR) is 110 cm³/mol. The van der Waals surface area contributed by atoms with Crippen LogP contribution in [0.4, 0.5) is 0 Å². The summed E-state index contributed by atoms with van der Waals surface area (Å²) < 4.78 is 16.0. The summed E-state index contributed by atoms with van der Waals surface area (Å²) in [5.41, 5.74) is 3.38. The molecule has 7 nitrogen and oxygen atoms in total. The smallest absolute Gasteiger partial charge is 0.338 e. The summed E-state index contributed by atoms with van der Waals surface area (Å²) >= 11 is 0. The second-order valence-electron chi connectivity index (χ2n) is 6.86. The van der Waals surface area contributed by atoms with Crippen molar-refractivity contribution in [1.29, 1.82) is 0 Å². The number of nitrogens with zero attached hydrogens (tertiary/aromatic N) is 1. The van der Waals surface area contributed by atoms with Crippen molar-refractivity contribution in [2.75, 3.05) is 6.61 Å². The van der Waals surface area contributed by atoms with E-state index in [1.807, 2.05) is 38.1 Å². The van der Waals surface area contributed by atoms with Crippen molar-refractivity contribution in [1.82, 2.24) is 10.1 Å². The topological polar surface area (TPSA) is 94.4 Å². The van der Waals surface area contributed by atoms with Gasteiger partial charge in [0, 0.05) is 22.7 Å². The van der Waals surface area contributed by atoms with E-state index in [9.17, 15) is 9.59 Å². The summed E-state index contributed by atoms with van der Waals surface area (Å²) in [6.07, 6.45) is 1.63. The monoisotopic (exact) mass is 404 g/mol. The molecule has 152 valence electrons. The number of fused-ring (bicyclic) bond motifs is 1. The van der Waals surface area contributed by atoms with Gasteiger partial charge in [-0.05, 0) is 44.2 Å². The van der Waals surface area contributed by atoms with Crippen LogP contribution in [0.15, 0.2) is 59.3 Å². The Kier molecular flexibility index (Phi) is 5.34. The van der Waals surface area contributed by atoms with E-state index < -0.39 is 5.97 Å². The maximum absolute atomic E-state index is 12.4. The maximum Gasteiger partial charge on any atom is 0.338 e. The number of aromatic amines is 1. The van der Waals surface area contributed by atoms with Crippen molar-refractivity contribution in [3.63, 3.8) is 0 Å². The third-order valence-corrected chi connectivity index (χ3v) is 4.88. The number of para-hydroxylation sites is 1. The minimum absolute atomic E-state index is 0.264. The number of carbonyl (C=O) groups excluding carboxylic acids is 2. The first-order chi connectivity index (χ1) is 14.5. The van der Waals surface area contributed by atoms with E-state index in [1.165, 1.54) is 0 Å². The van der Waals surface area contributed by atoms with Gasteiger partial charge in [0.1, 0.15) is 18.1 Å². The molecule has 30 heavy (non-hydrogen) atoms. The lowest BCUT2D eigenvalue weighted by Gasteiger charge is -2.07. The number of Topliss-reactive ketones (excluding diaryl/α,β-unsaturated/α-hetero) is 1. The van der Waals surface area contributed by atoms with Crippen LogP contribution in [0.1, 0.15) is 37.7 Å². The van der Waals surface area contributed by atoms with Crippen LogP contribution in [0.5, 0.6) is 5.75 Å². The Labute approximate surface area is 172 Å². The number of ketones is 1. The number of nitrogens with one attached hydrogen (secondary N) is 1. The van der Waals surface area contributed by atoms with Crippen LogP contribution in [-0.2, 0) is 11.3 Å². The first-order valence-electron chi connectivity index (χ1n) is 9.44. The van der Waals surface area contributed by atoms with Gasteiger partial charge in [-0.2, -0.15) is 0 Å². The predicted octanol–water partition coefficient (Wildman–Crippen LogP) is 4.39. The zero-order valence-corrected chi connectivity index (χ0v) is 16.6. The minimum atomic E-state index is -0.569. The molecule has 1 N–H and O–H groups in total. The molecule has 0 saturated carbocycles. The standard InChI is InChI=1S/C23H20N2O5/c1-14-20(15(2)30-25-14)12-28-17-9-7-16(8-10-17)23(27)29-13-22(26)19-11-24-21-6-4-3-5-18(19)21/h3-11,24H,12-13H2,1-2H3. The van der Waals surface area contributed by atoms with Crippen molar-refractivity contribution in [2.45, 2.75) is 20.5 Å². The number of benzene rings is 2. The van der Waals surface area contributed by atoms with Gasteiger partial charge >= 0.3 is 5.97 Å². The highest BCUT2D eigenvalue weighted by molar-refractivity contribution is 6.09. The molecule has 0 aliphatic rings. The highest BCUT2D eigenvalue weighted by atomic mass is 16.5. The van der Waals surface area contributed by atoms with Crippen molar-refractivity contribution in [3.8, 4) is 5.75 Å². The molecule has 4 aromatic rings. The second kappa shape index (κ2) is 8.24. The number of ether oxygens (including phenoxy) is 2. The zero-order chi connectivity index (χ0) is 21.1. The Hall–Kier alpha value is -3.87. The van der Waals surface area contributed by atoms with Crippen LogP contribution < -0.4 is 4.74 Å². The molecule has 0 amide bonds. The summed E-state index contributed by atoms with van der Waals surface area (Å²) in [6, 6.07) is 14.0. The lowest BCUT2D eigenvalue weighted by atomic mass is 10.1. The fourth-order valence-electron chi connectivity index (χ4n) is 3.15. The number of aryl methyl sites for hydroxylation is 2. The highest BCUT2D eigenvalue weighted by Gasteiger charge is 2.15. The van der Waals surface area contributed by atoms with E-state index in [1.54, 1.807) is 30.5 Å². The number of hydrogen-bond acceptors (Lipinski definition) is 6. The molecule has 2 aromatic heterocycles. The first-order valence-corrected chi connectivity index (χ1v) is 9.44. The average molecular weight is 404 g/mol. The molecule has 0 atom stereocenters. The van der Waals surface area contributed by atoms with Crippen LogP contribution in [-0.4, -0.2) is 28.5 Å². The Bertz CT molecular complexity index is 1180. The SMILES string of the molecule is Cc1noc(C)c1COc1ccc(C(=O)OCC(=O)c2c[nH]c3ccccc23)cc1.